The van der Waals surface area contributed by atoms with E-state index in [1.165, 1.54) is 0 Å². The van der Waals surface area contributed by atoms with Gasteiger partial charge < -0.3 is 9.42 Å². The first-order valence-corrected chi connectivity index (χ1v) is 6.28. The molecule has 0 saturated carbocycles. The van der Waals surface area contributed by atoms with Crippen LogP contribution in [-0.2, 0) is 0 Å². The highest BCUT2D eigenvalue weighted by Gasteiger charge is 2.29. The van der Waals surface area contributed by atoms with Gasteiger partial charge in [0.05, 0.1) is 10.5 Å². The minimum atomic E-state index is 0.231. The molecule has 2 aromatic heterocycles. The van der Waals surface area contributed by atoms with Gasteiger partial charge in [-0.05, 0) is 28.8 Å². The second-order valence-corrected chi connectivity index (χ2v) is 4.89. The van der Waals surface area contributed by atoms with Crippen molar-refractivity contribution in [2.75, 3.05) is 11.4 Å². The van der Waals surface area contributed by atoms with Crippen LogP contribution in [-0.4, -0.2) is 21.7 Å². The van der Waals surface area contributed by atoms with Crippen LogP contribution in [0.4, 0.5) is 5.95 Å². The lowest BCUT2D eigenvalue weighted by molar-refractivity contribution is 0.405. The first kappa shape index (κ1) is 10.7. The zero-order chi connectivity index (χ0) is 11.7. The SMILES string of the molecule is Brc1cnc(N2CCC[C@@H]2c2ccon2)nc1. The van der Waals surface area contributed by atoms with Gasteiger partial charge in [0.2, 0.25) is 5.95 Å². The molecule has 0 N–H and O–H groups in total. The quantitative estimate of drug-likeness (QED) is 0.852. The highest BCUT2D eigenvalue weighted by molar-refractivity contribution is 9.10. The average molecular weight is 295 g/mol. The molecule has 0 spiro atoms. The van der Waals surface area contributed by atoms with E-state index in [1.807, 2.05) is 6.07 Å². The Balaban J connectivity index is 1.89. The molecule has 1 aliphatic heterocycles. The molecule has 0 amide bonds. The second-order valence-electron chi connectivity index (χ2n) is 3.98. The van der Waals surface area contributed by atoms with Crippen LogP contribution in [0.3, 0.4) is 0 Å². The third kappa shape index (κ3) is 2.04. The van der Waals surface area contributed by atoms with Crippen molar-refractivity contribution in [3.8, 4) is 0 Å². The first-order chi connectivity index (χ1) is 8.34. The lowest BCUT2D eigenvalue weighted by Crippen LogP contribution is -2.24. The molecule has 2 aromatic rings. The summed E-state index contributed by atoms with van der Waals surface area (Å²) in [5, 5.41) is 4.01. The maximum Gasteiger partial charge on any atom is 0.225 e. The summed E-state index contributed by atoms with van der Waals surface area (Å²) in [5.74, 6) is 0.749. The molecule has 0 radical (unpaired) electrons. The van der Waals surface area contributed by atoms with E-state index in [1.54, 1.807) is 18.7 Å². The van der Waals surface area contributed by atoms with Gasteiger partial charge in [-0.25, -0.2) is 9.97 Å². The van der Waals surface area contributed by atoms with E-state index >= 15 is 0 Å². The van der Waals surface area contributed by atoms with Crippen molar-refractivity contribution in [3.05, 3.63) is 34.9 Å². The Hall–Kier alpha value is -1.43. The van der Waals surface area contributed by atoms with Crippen LogP contribution in [0.15, 0.2) is 33.7 Å². The van der Waals surface area contributed by atoms with E-state index in [4.69, 9.17) is 4.52 Å². The third-order valence-electron chi connectivity index (χ3n) is 2.92. The van der Waals surface area contributed by atoms with Crippen LogP contribution in [0.5, 0.6) is 0 Å². The normalized spacial score (nSPS) is 19.8. The molecular formula is C11H11BrN4O. The van der Waals surface area contributed by atoms with Crippen LogP contribution in [0.25, 0.3) is 0 Å². The molecule has 0 unspecified atom stereocenters. The summed E-state index contributed by atoms with van der Waals surface area (Å²) in [6.45, 7) is 0.957. The highest BCUT2D eigenvalue weighted by Crippen LogP contribution is 2.33. The summed E-state index contributed by atoms with van der Waals surface area (Å²) < 4.78 is 5.79. The van der Waals surface area contributed by atoms with Crippen LogP contribution in [0.2, 0.25) is 0 Å². The van der Waals surface area contributed by atoms with Crippen molar-refractivity contribution in [1.29, 1.82) is 0 Å². The Bertz CT molecular complexity index is 485. The fraction of sp³-hybridized carbons (Fsp3) is 0.364. The zero-order valence-electron chi connectivity index (χ0n) is 9.08. The van der Waals surface area contributed by atoms with Crippen LogP contribution >= 0.6 is 15.9 Å². The van der Waals surface area contributed by atoms with Gasteiger partial charge in [-0.15, -0.1) is 0 Å². The predicted octanol–water partition coefficient (Wildman–Crippen LogP) is 2.57. The van der Waals surface area contributed by atoms with Gasteiger partial charge in [0.1, 0.15) is 12.0 Å². The van der Waals surface area contributed by atoms with Crippen molar-refractivity contribution >= 4 is 21.9 Å². The van der Waals surface area contributed by atoms with Crippen molar-refractivity contribution in [1.82, 2.24) is 15.1 Å². The fourth-order valence-electron chi connectivity index (χ4n) is 2.16. The smallest absolute Gasteiger partial charge is 0.225 e. The summed E-state index contributed by atoms with van der Waals surface area (Å²) >= 11 is 3.34. The van der Waals surface area contributed by atoms with Crippen molar-refractivity contribution in [2.24, 2.45) is 0 Å². The zero-order valence-corrected chi connectivity index (χ0v) is 10.7. The van der Waals surface area contributed by atoms with Crippen LogP contribution in [0, 0.1) is 0 Å². The van der Waals surface area contributed by atoms with Gasteiger partial charge in [-0.3, -0.25) is 0 Å². The number of anilines is 1. The molecule has 88 valence electrons. The number of hydrogen-bond acceptors (Lipinski definition) is 5. The number of aromatic nitrogens is 3. The fourth-order valence-corrected chi connectivity index (χ4v) is 2.37. The molecule has 1 fully saturated rings. The maximum atomic E-state index is 4.91. The van der Waals surface area contributed by atoms with E-state index in [0.717, 1.165) is 35.5 Å². The lowest BCUT2D eigenvalue weighted by atomic mass is 10.1. The third-order valence-corrected chi connectivity index (χ3v) is 3.33. The topological polar surface area (TPSA) is 55.1 Å². The minimum absolute atomic E-state index is 0.231. The molecule has 1 atom stereocenters. The Kier molecular flexibility index (Phi) is 2.80. The van der Waals surface area contributed by atoms with E-state index in [-0.39, 0.29) is 6.04 Å². The van der Waals surface area contributed by atoms with Gasteiger partial charge in [0.15, 0.2) is 0 Å². The molecule has 0 bridgehead atoms. The van der Waals surface area contributed by atoms with E-state index in [0.29, 0.717) is 0 Å². The standard InChI is InChI=1S/C11H11BrN4O/c12-8-6-13-11(14-7-8)16-4-1-2-10(16)9-3-5-17-15-9/h3,5-7,10H,1-2,4H2/t10-/m1/s1. The van der Waals surface area contributed by atoms with Gasteiger partial charge >= 0.3 is 0 Å². The van der Waals surface area contributed by atoms with Crippen LogP contribution in [0.1, 0.15) is 24.6 Å². The minimum Gasteiger partial charge on any atom is -0.364 e. The lowest BCUT2D eigenvalue weighted by Gasteiger charge is -2.22. The molecule has 17 heavy (non-hydrogen) atoms. The predicted molar refractivity (Wildman–Crippen MR) is 65.6 cm³/mol. The molecule has 5 nitrogen and oxygen atoms in total. The number of rotatable bonds is 2. The molecule has 1 aliphatic rings. The molecule has 6 heteroatoms. The van der Waals surface area contributed by atoms with Gasteiger partial charge in [0.25, 0.3) is 0 Å². The van der Waals surface area contributed by atoms with Crippen molar-refractivity contribution in [2.45, 2.75) is 18.9 Å². The van der Waals surface area contributed by atoms with E-state index in [9.17, 15) is 0 Å². The van der Waals surface area contributed by atoms with Crippen molar-refractivity contribution in [3.63, 3.8) is 0 Å². The summed E-state index contributed by atoms with van der Waals surface area (Å²) in [5.41, 5.74) is 0.953. The van der Waals surface area contributed by atoms with E-state index < -0.39 is 0 Å². The van der Waals surface area contributed by atoms with Gasteiger partial charge in [-0.2, -0.15) is 0 Å². The van der Waals surface area contributed by atoms with E-state index in [2.05, 4.69) is 36.0 Å². The average Bonchev–Trinajstić information content (AvgIpc) is 3.00. The maximum absolute atomic E-state index is 4.91. The van der Waals surface area contributed by atoms with Crippen LogP contribution < -0.4 is 4.90 Å². The Labute approximate surface area is 107 Å². The number of halogens is 1. The van der Waals surface area contributed by atoms with Crippen molar-refractivity contribution < 1.29 is 4.52 Å². The number of nitrogens with zero attached hydrogens (tertiary/aromatic N) is 4. The second kappa shape index (κ2) is 4.44. The molecule has 1 saturated heterocycles. The Morgan fingerprint density at radius 2 is 2.18 bits per heavy atom. The monoisotopic (exact) mass is 294 g/mol. The largest absolute Gasteiger partial charge is 0.364 e. The summed E-state index contributed by atoms with van der Waals surface area (Å²) in [7, 11) is 0. The highest BCUT2D eigenvalue weighted by atomic mass is 79.9. The summed E-state index contributed by atoms with van der Waals surface area (Å²) in [6.07, 6.45) is 7.32. The van der Waals surface area contributed by atoms with Gasteiger partial charge in [-0.1, -0.05) is 5.16 Å². The summed E-state index contributed by atoms with van der Waals surface area (Å²) in [6, 6.07) is 2.14. The molecular weight excluding hydrogens is 284 g/mol. The first-order valence-electron chi connectivity index (χ1n) is 5.49. The molecule has 0 aliphatic carbocycles. The van der Waals surface area contributed by atoms with Gasteiger partial charge in [0, 0.05) is 25.0 Å². The molecule has 3 rings (SSSR count). The molecule has 0 aromatic carbocycles. The summed E-state index contributed by atoms with van der Waals surface area (Å²) in [4.78, 5) is 10.8. The Morgan fingerprint density at radius 1 is 1.35 bits per heavy atom. The number of hydrogen-bond donors (Lipinski definition) is 0. The molecule has 3 heterocycles. The Morgan fingerprint density at radius 3 is 2.88 bits per heavy atom.